The summed E-state index contributed by atoms with van der Waals surface area (Å²) < 4.78 is 16.3. The van der Waals surface area contributed by atoms with Crippen LogP contribution in [0.5, 0.6) is 0 Å². The fraction of sp³-hybridized carbons (Fsp3) is 0.288. The number of hydrogen-bond donors (Lipinski definition) is 5. The van der Waals surface area contributed by atoms with Crippen LogP contribution in [-0.4, -0.2) is 69.0 Å². The molecular formula is C52H63N19O2S2. The number of rotatable bonds is 10. The minimum Gasteiger partial charge on any atom is -0.440 e. The number of nitrogens with two attached hydrogens (primary N) is 5. The first-order chi connectivity index (χ1) is 35.8. The maximum Gasteiger partial charge on any atom is 0.292 e. The lowest BCUT2D eigenvalue weighted by Crippen LogP contribution is -2.01. The van der Waals surface area contributed by atoms with Crippen molar-refractivity contribution < 1.29 is 8.83 Å². The fourth-order valence-electron chi connectivity index (χ4n) is 6.15. The predicted molar refractivity (Wildman–Crippen MR) is 297 cm³/mol. The van der Waals surface area contributed by atoms with E-state index in [1.54, 1.807) is 59.1 Å². The van der Waals surface area contributed by atoms with Crippen molar-refractivity contribution in [2.75, 3.05) is 28.7 Å². The first-order valence-electron chi connectivity index (χ1n) is 23.9. The zero-order valence-electron chi connectivity index (χ0n) is 43.6. The highest BCUT2D eigenvalue weighted by molar-refractivity contribution is 7.15. The Bertz CT molecular complexity index is 3010. The quantitative estimate of drug-likeness (QED) is 0.0849. The third-order valence-electron chi connectivity index (χ3n) is 10.4. The van der Waals surface area contributed by atoms with E-state index in [-0.39, 0.29) is 6.01 Å². The van der Waals surface area contributed by atoms with Crippen molar-refractivity contribution in [1.82, 2.24) is 69.0 Å². The second-order valence-electron chi connectivity index (χ2n) is 18.1. The second-order valence-corrected chi connectivity index (χ2v) is 20.0. The molecule has 0 aromatic carbocycles. The Kier molecular flexibility index (Phi) is 19.6. The maximum atomic E-state index is 5.61. The van der Waals surface area contributed by atoms with Gasteiger partial charge < -0.3 is 37.5 Å². The smallest absolute Gasteiger partial charge is 0.292 e. The maximum absolute atomic E-state index is 5.61. The van der Waals surface area contributed by atoms with Crippen molar-refractivity contribution in [2.45, 2.75) is 98.8 Å². The predicted octanol–water partition coefficient (Wildman–Crippen LogP) is 10.9. The largest absolute Gasteiger partial charge is 0.440 e. The van der Waals surface area contributed by atoms with Gasteiger partial charge in [0.1, 0.15) is 57.3 Å². The summed E-state index contributed by atoms with van der Waals surface area (Å²) >= 11 is 2.79. The lowest BCUT2D eigenvalue weighted by Gasteiger charge is -2.03. The van der Waals surface area contributed by atoms with E-state index in [4.69, 9.17) is 37.5 Å². The number of aromatic nitrogens is 14. The van der Waals surface area contributed by atoms with Crippen LogP contribution in [0.15, 0.2) is 119 Å². The van der Waals surface area contributed by atoms with Gasteiger partial charge in [0.2, 0.25) is 5.89 Å². The highest BCUT2D eigenvalue weighted by Gasteiger charge is 2.13. The molecule has 0 unspecified atom stereocenters. The molecule has 0 aliphatic carbocycles. The lowest BCUT2D eigenvalue weighted by molar-refractivity contribution is 0.493. The molecule has 10 heterocycles. The van der Waals surface area contributed by atoms with Crippen LogP contribution in [0.2, 0.25) is 0 Å². The Morgan fingerprint density at radius 2 is 1.23 bits per heavy atom. The molecule has 0 bridgehead atoms. The summed E-state index contributed by atoms with van der Waals surface area (Å²) in [5.41, 5.74) is 34.4. The Hall–Kier alpha value is -8.57. The van der Waals surface area contributed by atoms with E-state index >= 15 is 0 Å². The number of oxazole rings is 2. The molecular weight excluding hydrogens is 987 g/mol. The van der Waals surface area contributed by atoms with Gasteiger partial charge in [-0.2, -0.15) is 19.4 Å². The molecule has 10 rings (SSSR count). The van der Waals surface area contributed by atoms with E-state index in [9.17, 15) is 0 Å². The summed E-state index contributed by atoms with van der Waals surface area (Å²) in [4.78, 5) is 47.2. The lowest BCUT2D eigenvalue weighted by atomic mass is 10.1. The summed E-state index contributed by atoms with van der Waals surface area (Å²) in [5, 5.41) is 5.74. The molecule has 0 saturated carbocycles. The zero-order valence-corrected chi connectivity index (χ0v) is 45.2. The van der Waals surface area contributed by atoms with Crippen molar-refractivity contribution >= 4 is 51.5 Å². The molecule has 10 aromatic heterocycles. The van der Waals surface area contributed by atoms with E-state index < -0.39 is 0 Å². The van der Waals surface area contributed by atoms with Crippen LogP contribution in [0.4, 0.5) is 28.6 Å². The van der Waals surface area contributed by atoms with Gasteiger partial charge in [0, 0.05) is 58.4 Å². The standard InChI is InChI=1S/C11H14N4.2C11H13N3O.C10H12N4S.C9H11N5S/c1-8(2)9-6-7-15(14-9)11-5-3-4-10(12)13-11;1-7(2)9-4-3-8(5-13-9)10-6-15-11(12)14-10;1-7(2)9-6-13-11(15-9)8-4-3-5-10(12)14-8;1-6(2)8-4-13-10(15-8)7-3-12-5-9(11)14-7;1-5(2)6-3-12-7(4-11-6)8-13-9(10)15-14-8/h3-8H,1-2H3,(H2,12,13);2*3-7H,1-2H3,(H2,12,14);3-6H,1-2H3,(H2,11,14);3-5H,1-2H3,(H2,10,13,14). The van der Waals surface area contributed by atoms with Gasteiger partial charge in [0.05, 0.1) is 36.2 Å². The molecule has 0 atom stereocenters. The summed E-state index contributed by atoms with van der Waals surface area (Å²) in [6, 6.07) is 17.0. The molecule has 21 nitrogen and oxygen atoms in total. The molecule has 23 heteroatoms. The Labute approximate surface area is 443 Å². The average molecular weight is 1050 g/mol. The van der Waals surface area contributed by atoms with Gasteiger partial charge in [-0.3, -0.25) is 15.0 Å². The van der Waals surface area contributed by atoms with Gasteiger partial charge in [0.15, 0.2) is 16.8 Å². The van der Waals surface area contributed by atoms with E-state index in [0.29, 0.717) is 75.3 Å². The van der Waals surface area contributed by atoms with Crippen molar-refractivity contribution in [2.24, 2.45) is 0 Å². The van der Waals surface area contributed by atoms with Crippen LogP contribution < -0.4 is 28.7 Å². The number of thiazole rings is 1. The van der Waals surface area contributed by atoms with Crippen molar-refractivity contribution in [3.05, 3.63) is 138 Å². The van der Waals surface area contributed by atoms with E-state index in [1.807, 2.05) is 54.9 Å². The number of hydrogen-bond acceptors (Lipinski definition) is 22. The van der Waals surface area contributed by atoms with E-state index in [1.165, 1.54) is 17.3 Å². The normalized spacial score (nSPS) is 10.9. The Morgan fingerprint density at radius 1 is 0.520 bits per heavy atom. The number of anilines is 5. The molecule has 0 amide bonds. The SMILES string of the molecule is CC(C)c1ccc(-c2coc(N)n2)cn1.CC(C)c1ccn(-c2cccc(N)n2)n1.CC(C)c1cnc(-c2cccc(N)n2)o1.CC(C)c1cnc(-c2cncc(N)n2)s1.CC(C)c1cnc(-c2nsc(N)n2)cn1. The Balaban J connectivity index is 0.000000152. The first kappa shape index (κ1) is 55.7. The third-order valence-corrected chi connectivity index (χ3v) is 12.2. The molecule has 0 radical (unpaired) electrons. The zero-order chi connectivity index (χ0) is 54.2. The highest BCUT2D eigenvalue weighted by atomic mass is 32.1. The molecule has 390 valence electrons. The third kappa shape index (κ3) is 16.5. The van der Waals surface area contributed by atoms with Crippen LogP contribution >= 0.6 is 22.9 Å². The van der Waals surface area contributed by atoms with Gasteiger partial charge in [-0.25, -0.2) is 34.6 Å². The van der Waals surface area contributed by atoms with Crippen LogP contribution in [0.3, 0.4) is 0 Å². The van der Waals surface area contributed by atoms with Gasteiger partial charge in [-0.05, 0) is 66.1 Å². The second kappa shape index (κ2) is 26.4. The highest BCUT2D eigenvalue weighted by Crippen LogP contribution is 2.28. The molecule has 0 saturated heterocycles. The minimum absolute atomic E-state index is 0.179. The van der Waals surface area contributed by atoms with Crippen LogP contribution in [0.25, 0.3) is 50.9 Å². The number of nitrogen functional groups attached to an aromatic ring is 5. The van der Waals surface area contributed by atoms with Crippen molar-refractivity contribution in [3.63, 3.8) is 0 Å². The average Bonchev–Trinajstić information content (AvgIpc) is 4.26. The summed E-state index contributed by atoms with van der Waals surface area (Å²) in [6.07, 6.45) is 15.5. The van der Waals surface area contributed by atoms with E-state index in [2.05, 4.69) is 134 Å². The van der Waals surface area contributed by atoms with Crippen LogP contribution in [0.1, 0.15) is 127 Å². The molecule has 0 aliphatic rings. The van der Waals surface area contributed by atoms with Crippen LogP contribution in [0, 0.1) is 0 Å². The van der Waals surface area contributed by atoms with Gasteiger partial charge >= 0.3 is 0 Å². The summed E-state index contributed by atoms with van der Waals surface area (Å²) in [7, 11) is 0. The minimum atomic E-state index is 0.179. The Morgan fingerprint density at radius 3 is 1.76 bits per heavy atom. The molecule has 0 fully saturated rings. The molecule has 75 heavy (non-hydrogen) atoms. The van der Waals surface area contributed by atoms with Gasteiger partial charge in [-0.15, -0.1) is 11.3 Å². The topological polar surface area (TPSA) is 329 Å². The molecule has 10 N–H and O–H groups in total. The molecule has 0 spiro atoms. The molecule has 0 aliphatic heterocycles. The number of pyridine rings is 3. The fourth-order valence-corrected chi connectivity index (χ4v) is 7.46. The summed E-state index contributed by atoms with van der Waals surface area (Å²) in [5.74, 6) is 6.12. The van der Waals surface area contributed by atoms with Gasteiger partial charge in [0.25, 0.3) is 6.01 Å². The monoisotopic (exact) mass is 1050 g/mol. The molecule has 10 aromatic rings. The first-order valence-corrected chi connectivity index (χ1v) is 25.5. The van der Waals surface area contributed by atoms with E-state index in [0.717, 1.165) is 62.2 Å². The van der Waals surface area contributed by atoms with Crippen molar-refractivity contribution in [1.29, 1.82) is 0 Å². The van der Waals surface area contributed by atoms with Crippen LogP contribution in [-0.2, 0) is 0 Å². The summed E-state index contributed by atoms with van der Waals surface area (Å²) in [6.45, 7) is 21.0. The number of nitrogens with zero attached hydrogens (tertiary/aromatic N) is 14. The van der Waals surface area contributed by atoms with Crippen molar-refractivity contribution in [3.8, 4) is 50.9 Å². The van der Waals surface area contributed by atoms with Gasteiger partial charge in [-0.1, -0.05) is 81.4 Å².